The normalized spacial score (nSPS) is 20.7. The number of hydrogen-bond acceptors (Lipinski definition) is 6. The Balaban J connectivity index is 1.35. The Morgan fingerprint density at radius 1 is 1.22 bits per heavy atom. The maximum absolute atomic E-state index is 12.7. The van der Waals surface area contributed by atoms with Crippen LogP contribution in [0.5, 0.6) is 0 Å². The number of nitrogens with one attached hydrogen (secondary N) is 1. The first-order valence-electron chi connectivity index (χ1n) is 9.38. The van der Waals surface area contributed by atoms with Crippen LogP contribution < -0.4 is 5.32 Å². The van der Waals surface area contributed by atoms with Crippen molar-refractivity contribution in [2.24, 2.45) is 0 Å². The van der Waals surface area contributed by atoms with Crippen LogP contribution in [0.4, 0.5) is 0 Å². The highest BCUT2D eigenvalue weighted by Gasteiger charge is 2.34. The molecule has 8 nitrogen and oxygen atoms in total. The molecule has 2 amide bonds. The highest BCUT2D eigenvalue weighted by molar-refractivity contribution is 5.84. The molecule has 1 unspecified atom stereocenters. The van der Waals surface area contributed by atoms with Crippen LogP contribution in [0.25, 0.3) is 11.4 Å². The average molecular weight is 369 g/mol. The van der Waals surface area contributed by atoms with E-state index < -0.39 is 0 Å². The molecule has 1 aromatic heterocycles. The number of hydrogen-bond donors (Lipinski definition) is 1. The predicted octanol–water partition coefficient (Wildman–Crippen LogP) is 0.702. The lowest BCUT2D eigenvalue weighted by atomic mass is 10.1. The number of rotatable bonds is 4. The van der Waals surface area contributed by atoms with Crippen LogP contribution in [0.3, 0.4) is 0 Å². The Hall–Kier alpha value is -2.74. The largest absolute Gasteiger partial charge is 0.353 e. The molecule has 2 aliphatic heterocycles. The van der Waals surface area contributed by atoms with E-state index in [-0.39, 0.29) is 17.9 Å². The molecule has 0 radical (unpaired) electrons. The number of fused-ring (bicyclic) bond motifs is 1. The molecule has 1 atom stereocenters. The fourth-order valence-corrected chi connectivity index (χ4v) is 3.65. The van der Waals surface area contributed by atoms with Crippen LogP contribution in [-0.2, 0) is 16.0 Å². The summed E-state index contributed by atoms with van der Waals surface area (Å²) in [5.74, 6) is 1.02. The number of carbonyl (C=O) groups is 2. The summed E-state index contributed by atoms with van der Waals surface area (Å²) < 4.78 is 5.28. The fourth-order valence-electron chi connectivity index (χ4n) is 3.65. The third-order valence-electron chi connectivity index (χ3n) is 5.11. The van der Waals surface area contributed by atoms with Crippen molar-refractivity contribution in [2.75, 3.05) is 32.7 Å². The standard InChI is InChI=1S/C19H23N5O3/c25-17(24-11-4-10-23-12-9-20-19(26)15(23)13-24)8-7-16-21-18(22-27-16)14-5-2-1-3-6-14/h1-3,5-6,15H,4,7-13H2,(H,20,26). The van der Waals surface area contributed by atoms with Gasteiger partial charge in [0.1, 0.15) is 6.04 Å². The zero-order valence-corrected chi connectivity index (χ0v) is 15.1. The Morgan fingerprint density at radius 3 is 2.93 bits per heavy atom. The van der Waals surface area contributed by atoms with Crippen molar-refractivity contribution in [3.8, 4) is 11.4 Å². The van der Waals surface area contributed by atoms with Crippen molar-refractivity contribution in [1.82, 2.24) is 25.3 Å². The minimum absolute atomic E-state index is 0.0188. The summed E-state index contributed by atoms with van der Waals surface area (Å²) in [5.41, 5.74) is 0.884. The van der Waals surface area contributed by atoms with Gasteiger partial charge in [-0.05, 0) is 6.42 Å². The van der Waals surface area contributed by atoms with Gasteiger partial charge in [-0.1, -0.05) is 35.5 Å². The van der Waals surface area contributed by atoms with E-state index in [1.165, 1.54) is 0 Å². The predicted molar refractivity (Wildman–Crippen MR) is 97.6 cm³/mol. The van der Waals surface area contributed by atoms with Gasteiger partial charge in [-0.15, -0.1) is 0 Å². The second-order valence-corrected chi connectivity index (χ2v) is 6.91. The first-order chi connectivity index (χ1) is 13.2. The Labute approximate surface area is 157 Å². The van der Waals surface area contributed by atoms with Crippen molar-refractivity contribution in [2.45, 2.75) is 25.3 Å². The number of carbonyl (C=O) groups excluding carboxylic acids is 2. The van der Waals surface area contributed by atoms with Gasteiger partial charge in [0.15, 0.2) is 0 Å². The first kappa shape index (κ1) is 17.7. The summed E-state index contributed by atoms with van der Waals surface area (Å²) in [4.78, 5) is 33.2. The van der Waals surface area contributed by atoms with Crippen molar-refractivity contribution >= 4 is 11.8 Å². The Kier molecular flexibility index (Phi) is 5.15. The zero-order chi connectivity index (χ0) is 18.6. The SMILES string of the molecule is O=C1NCCN2CCCN(C(=O)CCc3nc(-c4ccccc4)no3)CC12. The summed E-state index contributed by atoms with van der Waals surface area (Å²) in [7, 11) is 0. The summed E-state index contributed by atoms with van der Waals surface area (Å²) >= 11 is 0. The number of amides is 2. The van der Waals surface area contributed by atoms with Crippen LogP contribution in [0.2, 0.25) is 0 Å². The molecular formula is C19H23N5O3. The van der Waals surface area contributed by atoms with Crippen molar-refractivity contribution in [1.29, 1.82) is 0 Å². The number of piperazine rings is 1. The molecule has 4 rings (SSSR count). The highest BCUT2D eigenvalue weighted by Crippen LogP contribution is 2.17. The van der Waals surface area contributed by atoms with E-state index in [0.29, 0.717) is 44.2 Å². The maximum Gasteiger partial charge on any atom is 0.239 e. The lowest BCUT2D eigenvalue weighted by Crippen LogP contribution is -2.58. The van der Waals surface area contributed by atoms with E-state index in [0.717, 1.165) is 25.1 Å². The zero-order valence-electron chi connectivity index (χ0n) is 15.1. The number of nitrogens with zero attached hydrogens (tertiary/aromatic N) is 4. The van der Waals surface area contributed by atoms with Gasteiger partial charge in [0.2, 0.25) is 23.5 Å². The molecule has 142 valence electrons. The van der Waals surface area contributed by atoms with Crippen molar-refractivity contribution in [3.63, 3.8) is 0 Å². The van der Waals surface area contributed by atoms with Gasteiger partial charge >= 0.3 is 0 Å². The molecular weight excluding hydrogens is 346 g/mol. The molecule has 8 heteroatoms. The smallest absolute Gasteiger partial charge is 0.239 e. The number of aromatic nitrogens is 2. The van der Waals surface area contributed by atoms with E-state index in [1.54, 1.807) is 4.90 Å². The van der Waals surface area contributed by atoms with Crippen molar-refractivity contribution < 1.29 is 14.1 Å². The molecule has 0 bridgehead atoms. The molecule has 2 fully saturated rings. The van der Waals surface area contributed by atoms with Crippen LogP contribution in [-0.4, -0.2) is 70.5 Å². The fraction of sp³-hybridized carbons (Fsp3) is 0.474. The van der Waals surface area contributed by atoms with Crippen molar-refractivity contribution in [3.05, 3.63) is 36.2 Å². The molecule has 0 spiro atoms. The summed E-state index contributed by atoms with van der Waals surface area (Å²) in [5, 5.41) is 6.88. The summed E-state index contributed by atoms with van der Waals surface area (Å²) in [6.07, 6.45) is 1.58. The summed E-state index contributed by atoms with van der Waals surface area (Å²) in [6, 6.07) is 9.35. The second-order valence-electron chi connectivity index (χ2n) is 6.91. The molecule has 1 aromatic carbocycles. The average Bonchev–Trinajstić information content (AvgIpc) is 3.06. The monoisotopic (exact) mass is 369 g/mol. The highest BCUT2D eigenvalue weighted by atomic mass is 16.5. The Bertz CT molecular complexity index is 807. The molecule has 2 saturated heterocycles. The molecule has 2 aliphatic rings. The third-order valence-corrected chi connectivity index (χ3v) is 5.11. The van der Waals surface area contributed by atoms with Crippen LogP contribution in [0, 0.1) is 0 Å². The molecule has 2 aromatic rings. The van der Waals surface area contributed by atoms with Gasteiger partial charge in [0.25, 0.3) is 0 Å². The summed E-state index contributed by atoms with van der Waals surface area (Å²) in [6.45, 7) is 3.51. The van der Waals surface area contributed by atoms with Gasteiger partial charge in [0, 0.05) is 51.1 Å². The quantitative estimate of drug-likeness (QED) is 0.853. The van der Waals surface area contributed by atoms with Crippen LogP contribution in [0.1, 0.15) is 18.7 Å². The lowest BCUT2D eigenvalue weighted by molar-refractivity contribution is -0.134. The minimum atomic E-state index is -0.238. The third kappa shape index (κ3) is 4.00. The van der Waals surface area contributed by atoms with Crippen LogP contribution in [0.15, 0.2) is 34.9 Å². The van der Waals surface area contributed by atoms with Gasteiger partial charge in [0.05, 0.1) is 0 Å². The number of benzene rings is 1. The molecule has 3 heterocycles. The molecule has 27 heavy (non-hydrogen) atoms. The molecule has 0 aliphatic carbocycles. The van der Waals surface area contributed by atoms with Gasteiger partial charge < -0.3 is 14.7 Å². The van der Waals surface area contributed by atoms with Gasteiger partial charge in [-0.25, -0.2) is 0 Å². The first-order valence-corrected chi connectivity index (χ1v) is 9.38. The van der Waals surface area contributed by atoms with E-state index in [9.17, 15) is 9.59 Å². The lowest BCUT2D eigenvalue weighted by Gasteiger charge is -2.34. The topological polar surface area (TPSA) is 91.6 Å². The van der Waals surface area contributed by atoms with Crippen LogP contribution >= 0.6 is 0 Å². The Morgan fingerprint density at radius 2 is 2.07 bits per heavy atom. The van der Waals surface area contributed by atoms with E-state index in [2.05, 4.69) is 20.4 Å². The molecule has 0 saturated carbocycles. The van der Waals surface area contributed by atoms with E-state index >= 15 is 0 Å². The van der Waals surface area contributed by atoms with E-state index in [1.807, 2.05) is 30.3 Å². The maximum atomic E-state index is 12.7. The van der Waals surface area contributed by atoms with Gasteiger partial charge in [-0.3, -0.25) is 14.5 Å². The van der Waals surface area contributed by atoms with Gasteiger partial charge in [-0.2, -0.15) is 4.98 Å². The minimum Gasteiger partial charge on any atom is -0.353 e. The number of aryl methyl sites for hydroxylation is 1. The molecule has 1 N–H and O–H groups in total. The second kappa shape index (κ2) is 7.87. The van der Waals surface area contributed by atoms with E-state index in [4.69, 9.17) is 4.52 Å².